The summed E-state index contributed by atoms with van der Waals surface area (Å²) < 4.78 is 27.4. The largest absolute Gasteiger partial charge is 0.361 e. The van der Waals surface area contributed by atoms with Gasteiger partial charge in [-0.25, -0.2) is 8.42 Å². The fourth-order valence-electron chi connectivity index (χ4n) is 3.13. The number of aromatic amines is 1. The lowest BCUT2D eigenvalue weighted by atomic mass is 10.00. The smallest absolute Gasteiger partial charge is 0.252 e. The van der Waals surface area contributed by atoms with Crippen LogP contribution in [0.4, 0.5) is 0 Å². The van der Waals surface area contributed by atoms with Crippen LogP contribution in [0.5, 0.6) is 0 Å². The molecule has 0 saturated carbocycles. The summed E-state index contributed by atoms with van der Waals surface area (Å²) in [7, 11) is -3.38. The molecule has 2 aromatic heterocycles. The lowest BCUT2D eigenvalue weighted by Gasteiger charge is -2.25. The summed E-state index contributed by atoms with van der Waals surface area (Å²) in [5, 5.41) is 1.19. The molecule has 4 nitrogen and oxygen atoms in total. The molecule has 3 aromatic rings. The van der Waals surface area contributed by atoms with Crippen molar-refractivity contribution in [3.63, 3.8) is 0 Å². The van der Waals surface area contributed by atoms with Gasteiger partial charge < -0.3 is 4.98 Å². The normalized spacial score (nSPS) is 16.5. The first-order valence-corrected chi connectivity index (χ1v) is 10.1. The first-order chi connectivity index (χ1) is 11.6. The molecule has 0 fully saturated rings. The van der Waals surface area contributed by atoms with E-state index in [2.05, 4.69) is 17.1 Å². The van der Waals surface area contributed by atoms with Gasteiger partial charge in [0.25, 0.3) is 10.0 Å². The summed E-state index contributed by atoms with van der Waals surface area (Å²) in [6.07, 6.45) is 4.78. The van der Waals surface area contributed by atoms with Crippen LogP contribution < -0.4 is 0 Å². The van der Waals surface area contributed by atoms with E-state index < -0.39 is 10.0 Å². The minimum absolute atomic E-state index is 0.425. The number of nitrogens with zero attached hydrogens (tertiary/aromatic N) is 1. The first kappa shape index (κ1) is 15.6. The SMILES string of the molecule is Cc1ccc(S(=O)(=O)N2CC=C(c3c[nH]c4ccccc34)CC2)s1. The molecular weight excluding hydrogens is 340 g/mol. The molecule has 1 aliphatic heterocycles. The standard InChI is InChI=1S/C18H18N2O2S2/c1-13-6-7-18(23-13)24(21,22)20-10-8-14(9-11-20)16-12-19-17-5-3-2-4-15(16)17/h2-8,12,19H,9-11H2,1H3. The lowest BCUT2D eigenvalue weighted by molar-refractivity contribution is 0.443. The van der Waals surface area contributed by atoms with Crippen molar-refractivity contribution in [1.29, 1.82) is 0 Å². The van der Waals surface area contributed by atoms with Crippen LogP contribution in [0.3, 0.4) is 0 Å². The fraction of sp³-hybridized carbons (Fsp3) is 0.222. The summed E-state index contributed by atoms with van der Waals surface area (Å²) in [4.78, 5) is 4.30. The maximum Gasteiger partial charge on any atom is 0.252 e. The van der Waals surface area contributed by atoms with Crippen molar-refractivity contribution in [1.82, 2.24) is 9.29 Å². The van der Waals surface area contributed by atoms with E-state index >= 15 is 0 Å². The third-order valence-electron chi connectivity index (χ3n) is 4.42. The zero-order chi connectivity index (χ0) is 16.7. The minimum atomic E-state index is -3.38. The van der Waals surface area contributed by atoms with Crippen LogP contribution in [0.15, 0.2) is 52.9 Å². The number of benzene rings is 1. The van der Waals surface area contributed by atoms with Crippen LogP contribution in [-0.2, 0) is 10.0 Å². The topological polar surface area (TPSA) is 53.2 Å². The Morgan fingerprint density at radius 2 is 2.00 bits per heavy atom. The quantitative estimate of drug-likeness (QED) is 0.769. The van der Waals surface area contributed by atoms with Gasteiger partial charge in [-0.15, -0.1) is 11.3 Å². The highest BCUT2D eigenvalue weighted by atomic mass is 32.2. The van der Waals surface area contributed by atoms with Crippen molar-refractivity contribution >= 4 is 37.8 Å². The van der Waals surface area contributed by atoms with Crippen LogP contribution in [0.2, 0.25) is 0 Å². The number of sulfonamides is 1. The van der Waals surface area contributed by atoms with E-state index in [1.54, 1.807) is 10.4 Å². The second-order valence-electron chi connectivity index (χ2n) is 5.96. The summed E-state index contributed by atoms with van der Waals surface area (Å²) in [6.45, 7) is 2.87. The highest BCUT2D eigenvalue weighted by Gasteiger charge is 2.27. The molecule has 1 aromatic carbocycles. The summed E-state index contributed by atoms with van der Waals surface area (Å²) in [5.74, 6) is 0. The molecule has 0 bridgehead atoms. The van der Waals surface area contributed by atoms with Gasteiger partial charge in [-0.2, -0.15) is 4.31 Å². The number of hydrogen-bond donors (Lipinski definition) is 1. The van der Waals surface area contributed by atoms with Gasteiger partial charge in [0.1, 0.15) is 4.21 Å². The third kappa shape index (κ3) is 2.60. The van der Waals surface area contributed by atoms with E-state index in [0.717, 1.165) is 16.8 Å². The molecule has 0 atom stereocenters. The Kier molecular flexibility index (Phi) is 3.83. The predicted octanol–water partition coefficient (Wildman–Crippen LogP) is 4.02. The minimum Gasteiger partial charge on any atom is -0.361 e. The second kappa shape index (κ2) is 5.88. The van der Waals surface area contributed by atoms with Gasteiger partial charge in [-0.05, 0) is 37.1 Å². The summed E-state index contributed by atoms with van der Waals surface area (Å²) in [5.41, 5.74) is 3.49. The number of rotatable bonds is 3. The van der Waals surface area contributed by atoms with Crippen LogP contribution in [0.25, 0.3) is 16.5 Å². The zero-order valence-corrected chi connectivity index (χ0v) is 15.0. The van der Waals surface area contributed by atoms with Crippen LogP contribution in [-0.4, -0.2) is 30.8 Å². The van der Waals surface area contributed by atoms with E-state index in [0.29, 0.717) is 17.3 Å². The average Bonchev–Trinajstić information content (AvgIpc) is 3.21. The van der Waals surface area contributed by atoms with Gasteiger partial charge in [-0.3, -0.25) is 0 Å². The number of hydrogen-bond acceptors (Lipinski definition) is 3. The van der Waals surface area contributed by atoms with Crippen molar-refractivity contribution < 1.29 is 8.42 Å². The van der Waals surface area contributed by atoms with Gasteiger partial charge in [0.2, 0.25) is 0 Å². The highest BCUT2D eigenvalue weighted by molar-refractivity contribution is 7.91. The summed E-state index contributed by atoms with van der Waals surface area (Å²) in [6, 6.07) is 11.7. The zero-order valence-electron chi connectivity index (χ0n) is 13.3. The molecular formula is C18H18N2O2S2. The van der Waals surface area contributed by atoms with E-state index in [1.807, 2.05) is 37.4 Å². The number of nitrogens with one attached hydrogen (secondary N) is 1. The molecule has 24 heavy (non-hydrogen) atoms. The average molecular weight is 358 g/mol. The summed E-state index contributed by atoms with van der Waals surface area (Å²) >= 11 is 1.33. The lowest BCUT2D eigenvalue weighted by Crippen LogP contribution is -2.34. The molecule has 0 radical (unpaired) electrons. The number of fused-ring (bicyclic) bond motifs is 1. The molecule has 0 spiro atoms. The number of aromatic nitrogens is 1. The number of H-pyrrole nitrogens is 1. The Bertz CT molecular complexity index is 1030. The monoisotopic (exact) mass is 358 g/mol. The molecule has 1 N–H and O–H groups in total. The predicted molar refractivity (Wildman–Crippen MR) is 98.7 cm³/mol. The fourth-order valence-corrected chi connectivity index (χ4v) is 5.95. The number of para-hydroxylation sites is 1. The van der Waals surface area contributed by atoms with Crippen molar-refractivity contribution in [2.24, 2.45) is 0 Å². The van der Waals surface area contributed by atoms with E-state index in [9.17, 15) is 8.42 Å². The van der Waals surface area contributed by atoms with Crippen LogP contribution in [0.1, 0.15) is 16.9 Å². The van der Waals surface area contributed by atoms with Crippen molar-refractivity contribution in [2.75, 3.05) is 13.1 Å². The molecule has 124 valence electrons. The molecule has 0 unspecified atom stereocenters. The van der Waals surface area contributed by atoms with Crippen molar-refractivity contribution in [2.45, 2.75) is 17.6 Å². The maximum atomic E-state index is 12.7. The molecule has 0 saturated heterocycles. The van der Waals surface area contributed by atoms with Crippen molar-refractivity contribution in [3.05, 3.63) is 59.1 Å². The van der Waals surface area contributed by atoms with E-state index in [4.69, 9.17) is 0 Å². The van der Waals surface area contributed by atoms with Gasteiger partial charge in [0.05, 0.1) is 0 Å². The second-order valence-corrected chi connectivity index (χ2v) is 9.41. The van der Waals surface area contributed by atoms with Gasteiger partial charge >= 0.3 is 0 Å². The molecule has 0 aliphatic carbocycles. The molecule has 1 aliphatic rings. The van der Waals surface area contributed by atoms with E-state index in [1.165, 1.54) is 27.9 Å². The third-order valence-corrected chi connectivity index (χ3v) is 7.75. The highest BCUT2D eigenvalue weighted by Crippen LogP contribution is 2.32. The Morgan fingerprint density at radius 1 is 1.17 bits per heavy atom. The first-order valence-electron chi connectivity index (χ1n) is 7.88. The molecule has 4 rings (SSSR count). The van der Waals surface area contributed by atoms with Gasteiger partial charge in [0.15, 0.2) is 0 Å². The Balaban J connectivity index is 1.61. The van der Waals surface area contributed by atoms with Crippen LogP contribution in [0, 0.1) is 6.92 Å². The molecule has 0 amide bonds. The van der Waals surface area contributed by atoms with Gasteiger partial charge in [-0.1, -0.05) is 24.3 Å². The van der Waals surface area contributed by atoms with Gasteiger partial charge in [0, 0.05) is 40.6 Å². The maximum absolute atomic E-state index is 12.7. The Morgan fingerprint density at radius 3 is 2.71 bits per heavy atom. The number of aryl methyl sites for hydroxylation is 1. The molecule has 6 heteroatoms. The molecule has 3 heterocycles. The Hall–Kier alpha value is -1.89. The Labute approximate surface area is 145 Å². The van der Waals surface area contributed by atoms with E-state index in [-0.39, 0.29) is 0 Å². The van der Waals surface area contributed by atoms with Crippen LogP contribution >= 0.6 is 11.3 Å². The van der Waals surface area contributed by atoms with Crippen molar-refractivity contribution in [3.8, 4) is 0 Å². The number of thiophene rings is 1.